The Hall–Kier alpha value is -0.240. The van der Waals surface area contributed by atoms with Gasteiger partial charge in [-0.15, -0.1) is 0 Å². The summed E-state index contributed by atoms with van der Waals surface area (Å²) in [6.07, 6.45) is 4.43. The lowest BCUT2D eigenvalue weighted by atomic mass is 9.88. The summed E-state index contributed by atoms with van der Waals surface area (Å²) in [5, 5.41) is 11.7. The minimum Gasteiger partial charge on any atom is -0.388 e. The summed E-state index contributed by atoms with van der Waals surface area (Å²) in [4.78, 5) is 0. The zero-order valence-corrected chi connectivity index (χ0v) is 10.4. The summed E-state index contributed by atoms with van der Waals surface area (Å²) >= 11 is 11.9. The fraction of sp³-hybridized carbons (Fsp3) is 0.538. The number of halogens is 2. The summed E-state index contributed by atoms with van der Waals surface area (Å²) < 4.78 is 0. The minimum atomic E-state index is -0.392. The van der Waals surface area contributed by atoms with Gasteiger partial charge in [-0.05, 0) is 55.4 Å². The van der Waals surface area contributed by atoms with Crippen LogP contribution in [0.15, 0.2) is 18.2 Å². The van der Waals surface area contributed by atoms with Crippen LogP contribution in [0.25, 0.3) is 0 Å². The Balaban J connectivity index is 1.91. The highest BCUT2D eigenvalue weighted by Gasteiger charge is 2.58. The van der Waals surface area contributed by atoms with Crippen molar-refractivity contribution in [2.24, 2.45) is 11.3 Å². The molecule has 0 amide bonds. The van der Waals surface area contributed by atoms with E-state index < -0.39 is 6.10 Å². The predicted molar refractivity (Wildman–Crippen MR) is 65.8 cm³/mol. The van der Waals surface area contributed by atoms with Crippen molar-refractivity contribution in [1.82, 2.24) is 0 Å². The molecule has 1 N–H and O–H groups in total. The van der Waals surface area contributed by atoms with Crippen molar-refractivity contribution >= 4 is 23.2 Å². The Bertz CT molecular complexity index is 402. The standard InChI is InChI=1S/C13H14Cl2O/c14-10-5-8(6-11(15)7-10)12(16)13(3-4-13)9-1-2-9/h5-7,9,12,16H,1-4H2. The van der Waals surface area contributed by atoms with Crippen molar-refractivity contribution in [2.45, 2.75) is 31.8 Å². The molecule has 3 heteroatoms. The van der Waals surface area contributed by atoms with Crippen LogP contribution < -0.4 is 0 Å². The van der Waals surface area contributed by atoms with Crippen molar-refractivity contribution in [2.75, 3.05) is 0 Å². The highest BCUT2D eigenvalue weighted by atomic mass is 35.5. The van der Waals surface area contributed by atoms with Gasteiger partial charge in [0.15, 0.2) is 0 Å². The Kier molecular flexibility index (Phi) is 2.47. The van der Waals surface area contributed by atoms with E-state index in [-0.39, 0.29) is 5.41 Å². The fourth-order valence-corrected chi connectivity index (χ4v) is 3.32. The molecule has 0 aromatic heterocycles. The predicted octanol–water partition coefficient (Wildman–Crippen LogP) is 4.22. The fourth-order valence-electron chi connectivity index (χ4n) is 2.77. The average Bonchev–Trinajstić information content (AvgIpc) is 3.06. The van der Waals surface area contributed by atoms with Gasteiger partial charge in [0.1, 0.15) is 0 Å². The molecule has 0 heterocycles. The van der Waals surface area contributed by atoms with Crippen LogP contribution in [0.3, 0.4) is 0 Å². The molecular weight excluding hydrogens is 243 g/mol. The maximum atomic E-state index is 10.5. The van der Waals surface area contributed by atoms with E-state index in [0.717, 1.165) is 24.3 Å². The number of aliphatic hydroxyl groups excluding tert-OH is 1. The number of benzene rings is 1. The molecule has 2 aliphatic carbocycles. The molecular formula is C13H14Cl2O. The third-order valence-corrected chi connectivity index (χ3v) is 4.40. The summed E-state index contributed by atoms with van der Waals surface area (Å²) in [6.45, 7) is 0. The largest absolute Gasteiger partial charge is 0.388 e. The molecule has 2 fully saturated rings. The average molecular weight is 257 g/mol. The van der Waals surface area contributed by atoms with Crippen LogP contribution in [0.4, 0.5) is 0 Å². The van der Waals surface area contributed by atoms with Gasteiger partial charge in [0.05, 0.1) is 6.10 Å². The van der Waals surface area contributed by atoms with E-state index in [1.165, 1.54) is 12.8 Å². The number of aliphatic hydroxyl groups is 1. The SMILES string of the molecule is OC(c1cc(Cl)cc(Cl)c1)C1(C2CC2)CC1. The quantitative estimate of drug-likeness (QED) is 0.859. The van der Waals surface area contributed by atoms with Gasteiger partial charge in [-0.2, -0.15) is 0 Å². The van der Waals surface area contributed by atoms with Crippen LogP contribution >= 0.6 is 23.2 Å². The maximum absolute atomic E-state index is 10.5. The van der Waals surface area contributed by atoms with Gasteiger partial charge < -0.3 is 5.11 Å². The Morgan fingerprint density at radius 2 is 1.69 bits per heavy atom. The van der Waals surface area contributed by atoms with Gasteiger partial charge in [0.25, 0.3) is 0 Å². The van der Waals surface area contributed by atoms with Gasteiger partial charge in [-0.3, -0.25) is 0 Å². The second-order valence-electron chi connectivity index (χ2n) is 5.11. The zero-order valence-electron chi connectivity index (χ0n) is 8.92. The summed E-state index contributed by atoms with van der Waals surface area (Å²) in [5.74, 6) is 0.722. The van der Waals surface area contributed by atoms with Crippen LogP contribution in [-0.2, 0) is 0 Å². The lowest BCUT2D eigenvalue weighted by molar-refractivity contribution is 0.0789. The summed E-state index contributed by atoms with van der Waals surface area (Å²) in [6, 6.07) is 5.37. The third-order valence-electron chi connectivity index (χ3n) is 3.96. The number of rotatable bonds is 3. The molecule has 0 spiro atoms. The van der Waals surface area contributed by atoms with Crippen LogP contribution in [0, 0.1) is 11.3 Å². The van der Waals surface area contributed by atoms with Crippen LogP contribution in [0.5, 0.6) is 0 Å². The smallest absolute Gasteiger partial charge is 0.0849 e. The van der Waals surface area contributed by atoms with Crippen molar-refractivity contribution in [3.05, 3.63) is 33.8 Å². The molecule has 0 aliphatic heterocycles. The van der Waals surface area contributed by atoms with Crippen LogP contribution in [0.2, 0.25) is 10.0 Å². The van der Waals surface area contributed by atoms with Crippen molar-refractivity contribution in [1.29, 1.82) is 0 Å². The first kappa shape index (κ1) is 10.9. The van der Waals surface area contributed by atoms with E-state index in [4.69, 9.17) is 23.2 Å². The molecule has 0 saturated heterocycles. The van der Waals surface area contributed by atoms with Crippen LogP contribution in [0.1, 0.15) is 37.4 Å². The highest BCUT2D eigenvalue weighted by Crippen LogP contribution is 2.67. The van der Waals surface area contributed by atoms with Crippen molar-refractivity contribution in [3.8, 4) is 0 Å². The molecule has 0 bridgehead atoms. The van der Waals surface area contributed by atoms with Gasteiger partial charge in [0, 0.05) is 15.5 Å². The number of hydrogen-bond acceptors (Lipinski definition) is 1. The van der Waals surface area contributed by atoms with Crippen molar-refractivity contribution < 1.29 is 5.11 Å². The van der Waals surface area contributed by atoms with Crippen LogP contribution in [-0.4, -0.2) is 5.11 Å². The van der Waals surface area contributed by atoms with Crippen molar-refractivity contribution in [3.63, 3.8) is 0 Å². The van der Waals surface area contributed by atoms with E-state index >= 15 is 0 Å². The number of hydrogen-bond donors (Lipinski definition) is 1. The monoisotopic (exact) mass is 256 g/mol. The van der Waals surface area contributed by atoms with Gasteiger partial charge in [0.2, 0.25) is 0 Å². The molecule has 1 aromatic carbocycles. The summed E-state index contributed by atoms with van der Waals surface area (Å²) in [5.41, 5.74) is 1.02. The molecule has 2 aliphatic rings. The second kappa shape index (κ2) is 3.63. The molecule has 16 heavy (non-hydrogen) atoms. The molecule has 86 valence electrons. The van der Waals surface area contributed by atoms with E-state index in [1.54, 1.807) is 6.07 Å². The topological polar surface area (TPSA) is 20.2 Å². The molecule has 0 radical (unpaired) electrons. The first-order valence-corrected chi connectivity index (χ1v) is 6.51. The molecule has 3 rings (SSSR count). The lowest BCUT2D eigenvalue weighted by Gasteiger charge is -2.22. The molecule has 1 atom stereocenters. The lowest BCUT2D eigenvalue weighted by Crippen LogP contribution is -2.15. The molecule has 1 aromatic rings. The normalized spacial score (nSPS) is 24.2. The first-order valence-electron chi connectivity index (χ1n) is 5.76. The van der Waals surface area contributed by atoms with E-state index in [9.17, 15) is 5.11 Å². The Morgan fingerprint density at radius 3 is 2.12 bits per heavy atom. The Morgan fingerprint density at radius 1 is 1.12 bits per heavy atom. The molecule has 1 unspecified atom stereocenters. The third kappa shape index (κ3) is 1.75. The molecule has 1 nitrogen and oxygen atoms in total. The van der Waals surface area contributed by atoms with Gasteiger partial charge in [-0.25, -0.2) is 0 Å². The minimum absolute atomic E-state index is 0.147. The van der Waals surface area contributed by atoms with E-state index in [0.29, 0.717) is 10.0 Å². The van der Waals surface area contributed by atoms with E-state index in [1.807, 2.05) is 12.1 Å². The zero-order chi connectivity index (χ0) is 11.3. The molecule has 2 saturated carbocycles. The highest BCUT2D eigenvalue weighted by molar-refractivity contribution is 6.34. The Labute approximate surface area is 105 Å². The first-order chi connectivity index (χ1) is 7.62. The van der Waals surface area contributed by atoms with E-state index in [2.05, 4.69) is 0 Å². The van der Waals surface area contributed by atoms with Gasteiger partial charge in [-0.1, -0.05) is 23.2 Å². The maximum Gasteiger partial charge on any atom is 0.0849 e. The second-order valence-corrected chi connectivity index (χ2v) is 5.99. The summed E-state index contributed by atoms with van der Waals surface area (Å²) in [7, 11) is 0. The van der Waals surface area contributed by atoms with Gasteiger partial charge >= 0.3 is 0 Å².